The second kappa shape index (κ2) is 10.3. The molecule has 3 aromatic rings. The number of ketones is 1. The number of pyridine rings is 1. The standard InChI is InChI=1S/C32H33FN2O2/c1-22-19-32(20-22,24-7-5-4-6-8-24)29-18-27(12-13-28(29)31(36)15-16-35(2)3)37-21-26-11-9-23-17-25(33)10-14-30(23)34-26/h4-5,7,9-18,22H,6,8,19-21H2,1-3H3/b16-15+. The molecule has 5 heteroatoms. The number of allylic oxidation sites excluding steroid dienone is 5. The molecule has 1 saturated carbocycles. The SMILES string of the molecule is CC1CC(C2=CC=CCC2)(c2cc(OCc3ccc4cc(F)ccc4n3)ccc2C(=O)/C=C/N(C)C)C1. The van der Waals surface area contributed by atoms with Gasteiger partial charge in [-0.3, -0.25) is 4.79 Å². The first-order chi connectivity index (χ1) is 17.8. The van der Waals surface area contributed by atoms with Crippen LogP contribution >= 0.6 is 0 Å². The number of benzene rings is 2. The van der Waals surface area contributed by atoms with Crippen molar-refractivity contribution >= 4 is 16.7 Å². The molecule has 0 radical (unpaired) electrons. The van der Waals surface area contributed by atoms with E-state index >= 15 is 0 Å². The number of fused-ring (bicyclic) bond motifs is 1. The zero-order valence-electron chi connectivity index (χ0n) is 21.7. The molecular formula is C32H33FN2O2. The molecule has 37 heavy (non-hydrogen) atoms. The molecule has 0 amide bonds. The van der Waals surface area contributed by atoms with Crippen LogP contribution < -0.4 is 4.74 Å². The van der Waals surface area contributed by atoms with Gasteiger partial charge in [0.25, 0.3) is 0 Å². The van der Waals surface area contributed by atoms with Crippen molar-refractivity contribution in [3.8, 4) is 5.75 Å². The zero-order chi connectivity index (χ0) is 26.0. The van der Waals surface area contributed by atoms with E-state index in [-0.39, 0.29) is 23.6 Å². The summed E-state index contributed by atoms with van der Waals surface area (Å²) < 4.78 is 19.7. The van der Waals surface area contributed by atoms with E-state index in [0.29, 0.717) is 5.92 Å². The Morgan fingerprint density at radius 1 is 1.16 bits per heavy atom. The van der Waals surface area contributed by atoms with Gasteiger partial charge < -0.3 is 9.64 Å². The molecule has 0 spiro atoms. The highest BCUT2D eigenvalue weighted by molar-refractivity contribution is 6.06. The van der Waals surface area contributed by atoms with Gasteiger partial charge in [-0.25, -0.2) is 9.37 Å². The van der Waals surface area contributed by atoms with Crippen molar-refractivity contribution in [3.05, 3.63) is 107 Å². The van der Waals surface area contributed by atoms with Crippen molar-refractivity contribution < 1.29 is 13.9 Å². The Labute approximate surface area is 218 Å². The number of carbonyl (C=O) groups excluding carboxylic acids is 1. The van der Waals surface area contributed by atoms with E-state index in [1.807, 2.05) is 43.3 Å². The summed E-state index contributed by atoms with van der Waals surface area (Å²) in [6.07, 6.45) is 14.1. The van der Waals surface area contributed by atoms with Gasteiger partial charge in [0, 0.05) is 42.7 Å². The second-order valence-electron chi connectivity index (χ2n) is 10.5. The normalized spacial score (nSPS) is 21.1. The van der Waals surface area contributed by atoms with Gasteiger partial charge in [0.05, 0.1) is 11.2 Å². The van der Waals surface area contributed by atoms with Gasteiger partial charge in [0.2, 0.25) is 0 Å². The first-order valence-electron chi connectivity index (χ1n) is 12.9. The van der Waals surface area contributed by atoms with Crippen LogP contribution in [0, 0.1) is 11.7 Å². The smallest absolute Gasteiger partial charge is 0.187 e. The van der Waals surface area contributed by atoms with Gasteiger partial charge >= 0.3 is 0 Å². The quantitative estimate of drug-likeness (QED) is 0.245. The minimum Gasteiger partial charge on any atom is -0.487 e. The third kappa shape index (κ3) is 5.22. The van der Waals surface area contributed by atoms with Crippen LogP contribution in [0.5, 0.6) is 5.75 Å². The topological polar surface area (TPSA) is 42.4 Å². The van der Waals surface area contributed by atoms with Crippen molar-refractivity contribution in [2.24, 2.45) is 5.92 Å². The summed E-state index contributed by atoms with van der Waals surface area (Å²) in [5, 5.41) is 0.760. The summed E-state index contributed by atoms with van der Waals surface area (Å²) >= 11 is 0. The van der Waals surface area contributed by atoms with E-state index in [1.54, 1.807) is 18.3 Å². The Morgan fingerprint density at radius 3 is 2.73 bits per heavy atom. The van der Waals surface area contributed by atoms with E-state index in [1.165, 1.54) is 17.7 Å². The molecule has 4 nitrogen and oxygen atoms in total. The average Bonchev–Trinajstić information content (AvgIpc) is 2.89. The summed E-state index contributed by atoms with van der Waals surface area (Å²) in [7, 11) is 3.82. The molecule has 0 aliphatic heterocycles. The number of hydrogen-bond acceptors (Lipinski definition) is 4. The predicted molar refractivity (Wildman–Crippen MR) is 146 cm³/mol. The number of carbonyl (C=O) groups is 1. The Bertz CT molecular complexity index is 1410. The molecule has 1 fully saturated rings. The number of halogens is 1. The van der Waals surface area contributed by atoms with Crippen LogP contribution in [0.25, 0.3) is 10.9 Å². The molecule has 1 heterocycles. The third-order valence-electron chi connectivity index (χ3n) is 7.41. The van der Waals surface area contributed by atoms with Crippen LogP contribution in [0.2, 0.25) is 0 Å². The van der Waals surface area contributed by atoms with Gasteiger partial charge in [0.15, 0.2) is 5.78 Å². The fourth-order valence-electron chi connectivity index (χ4n) is 5.69. The molecule has 2 aliphatic rings. The molecule has 0 N–H and O–H groups in total. The minimum atomic E-state index is -0.274. The van der Waals surface area contributed by atoms with Gasteiger partial charge in [0.1, 0.15) is 18.2 Å². The number of nitrogens with zero attached hydrogens (tertiary/aromatic N) is 2. The van der Waals surface area contributed by atoms with E-state index in [9.17, 15) is 9.18 Å². The lowest BCUT2D eigenvalue weighted by Crippen LogP contribution is -2.43. The maximum Gasteiger partial charge on any atom is 0.187 e. The number of aromatic nitrogens is 1. The second-order valence-corrected chi connectivity index (χ2v) is 10.5. The summed E-state index contributed by atoms with van der Waals surface area (Å²) in [6, 6.07) is 14.2. The molecular weight excluding hydrogens is 463 g/mol. The zero-order valence-corrected chi connectivity index (χ0v) is 21.7. The molecule has 0 bridgehead atoms. The summed E-state index contributed by atoms with van der Waals surface area (Å²) in [6.45, 7) is 2.57. The Balaban J connectivity index is 1.48. The van der Waals surface area contributed by atoms with E-state index in [0.717, 1.165) is 59.2 Å². The van der Waals surface area contributed by atoms with Crippen molar-refractivity contribution in [2.75, 3.05) is 14.1 Å². The Hall–Kier alpha value is -3.73. The van der Waals surface area contributed by atoms with Gasteiger partial charge in [-0.05, 0) is 79.6 Å². The average molecular weight is 497 g/mol. The lowest BCUT2D eigenvalue weighted by molar-refractivity contribution is 0.103. The number of ether oxygens (including phenoxy) is 1. The van der Waals surface area contributed by atoms with Crippen LogP contribution in [-0.2, 0) is 12.0 Å². The lowest BCUT2D eigenvalue weighted by atomic mass is 9.53. The molecule has 0 unspecified atom stereocenters. The van der Waals surface area contributed by atoms with Crippen LogP contribution in [-0.4, -0.2) is 29.8 Å². The maximum atomic E-state index is 13.5. The largest absolute Gasteiger partial charge is 0.487 e. The summed E-state index contributed by atoms with van der Waals surface area (Å²) in [4.78, 5) is 19.8. The Morgan fingerprint density at radius 2 is 2.00 bits per heavy atom. The molecule has 2 aromatic carbocycles. The third-order valence-corrected chi connectivity index (χ3v) is 7.41. The van der Waals surface area contributed by atoms with E-state index < -0.39 is 0 Å². The molecule has 190 valence electrons. The highest BCUT2D eigenvalue weighted by Gasteiger charge is 2.47. The molecule has 0 atom stereocenters. The van der Waals surface area contributed by atoms with Crippen LogP contribution in [0.15, 0.2) is 84.6 Å². The number of rotatable bonds is 8. The van der Waals surface area contributed by atoms with Gasteiger partial charge in [-0.1, -0.05) is 36.8 Å². The maximum absolute atomic E-state index is 13.5. The van der Waals surface area contributed by atoms with Crippen molar-refractivity contribution in [2.45, 2.75) is 44.6 Å². The van der Waals surface area contributed by atoms with Gasteiger partial charge in [-0.15, -0.1) is 0 Å². The van der Waals surface area contributed by atoms with Crippen LogP contribution in [0.4, 0.5) is 4.39 Å². The molecule has 5 rings (SSSR count). The Kier molecular flexibility index (Phi) is 6.96. The van der Waals surface area contributed by atoms with Crippen molar-refractivity contribution in [1.82, 2.24) is 9.88 Å². The molecule has 2 aliphatic carbocycles. The summed E-state index contributed by atoms with van der Waals surface area (Å²) in [5.41, 5.74) is 4.54. The molecule has 1 aromatic heterocycles. The minimum absolute atomic E-state index is 0.00422. The monoisotopic (exact) mass is 496 g/mol. The fourth-order valence-corrected chi connectivity index (χ4v) is 5.69. The summed E-state index contributed by atoms with van der Waals surface area (Å²) in [5.74, 6) is 1.05. The lowest BCUT2D eigenvalue weighted by Gasteiger charge is -2.50. The molecule has 0 saturated heterocycles. The first-order valence-corrected chi connectivity index (χ1v) is 12.9. The number of hydrogen-bond donors (Lipinski definition) is 0. The van der Waals surface area contributed by atoms with E-state index in [4.69, 9.17) is 4.74 Å². The van der Waals surface area contributed by atoms with Crippen molar-refractivity contribution in [1.29, 1.82) is 0 Å². The first kappa shape index (κ1) is 24.9. The predicted octanol–water partition coefficient (Wildman–Crippen LogP) is 7.16. The van der Waals surface area contributed by atoms with Crippen molar-refractivity contribution in [3.63, 3.8) is 0 Å². The van der Waals surface area contributed by atoms with Crippen LogP contribution in [0.3, 0.4) is 0 Å². The van der Waals surface area contributed by atoms with E-state index in [2.05, 4.69) is 36.2 Å². The fraction of sp³-hybridized carbons (Fsp3) is 0.312. The highest BCUT2D eigenvalue weighted by atomic mass is 19.1. The highest BCUT2D eigenvalue weighted by Crippen LogP contribution is 2.55. The van der Waals surface area contributed by atoms with Crippen LogP contribution in [0.1, 0.15) is 54.2 Å². The van der Waals surface area contributed by atoms with Gasteiger partial charge in [-0.2, -0.15) is 0 Å².